The zero-order valence-corrected chi connectivity index (χ0v) is 21.3. The number of nitro groups is 1. The Morgan fingerprint density at radius 2 is 1.91 bits per heavy atom. The molecule has 8 heteroatoms. The number of methoxy groups -OCH3 is 1. The quantitative estimate of drug-likeness (QED) is 0.347. The van der Waals surface area contributed by atoms with E-state index in [1.807, 2.05) is 63.6 Å². The van der Waals surface area contributed by atoms with E-state index in [0.717, 1.165) is 11.1 Å². The maximum Gasteiger partial charge on any atom is 0.299 e. The van der Waals surface area contributed by atoms with E-state index in [4.69, 9.17) is 14.2 Å². The topological polar surface area (TPSA) is 82.9 Å². The molecule has 33 heavy (non-hydrogen) atoms. The third kappa shape index (κ3) is 8.63. The molecular weight excluding hydrogens is 440 g/mol. The minimum Gasteiger partial charge on any atom is -0.493 e. The highest BCUT2D eigenvalue weighted by atomic mass is 32.2. The summed E-state index contributed by atoms with van der Waals surface area (Å²) in [5, 5.41) is 15.0. The lowest BCUT2D eigenvalue weighted by atomic mass is 9.99. The molecule has 0 atom stereocenters. The average molecular weight is 477 g/mol. The van der Waals surface area contributed by atoms with Crippen LogP contribution in [-0.4, -0.2) is 44.4 Å². The number of rotatable bonds is 8. The second-order valence-corrected chi connectivity index (χ2v) is 7.51. The molecule has 0 aromatic heterocycles. The van der Waals surface area contributed by atoms with Gasteiger partial charge in [-0.1, -0.05) is 32.1 Å². The van der Waals surface area contributed by atoms with Crippen LogP contribution in [0.5, 0.6) is 11.5 Å². The Morgan fingerprint density at radius 1 is 1.18 bits per heavy atom. The first kappa shape index (κ1) is 28.3. The SMILES string of the molecule is CC.CCOc1cc(CNc2cccc(C3=CCOCC3)c2[N+](=O)[O-])ccc1OC.CSC. The molecule has 0 amide bonds. The average Bonchev–Trinajstić information content (AvgIpc) is 2.85. The van der Waals surface area contributed by atoms with Crippen molar-refractivity contribution in [1.29, 1.82) is 0 Å². The molecule has 1 N–H and O–H groups in total. The van der Waals surface area contributed by atoms with E-state index in [2.05, 4.69) is 5.32 Å². The fourth-order valence-electron chi connectivity index (χ4n) is 3.21. The van der Waals surface area contributed by atoms with E-state index in [0.29, 0.717) is 55.5 Å². The number of hydrogen-bond acceptors (Lipinski definition) is 7. The highest BCUT2D eigenvalue weighted by Gasteiger charge is 2.23. The molecule has 2 aromatic rings. The molecule has 0 spiro atoms. The van der Waals surface area contributed by atoms with Gasteiger partial charge in [-0.25, -0.2) is 0 Å². The Labute approximate surface area is 201 Å². The van der Waals surface area contributed by atoms with Crippen molar-refractivity contribution in [2.45, 2.75) is 33.7 Å². The molecule has 0 saturated heterocycles. The van der Waals surface area contributed by atoms with Crippen LogP contribution in [0.25, 0.3) is 5.57 Å². The molecule has 1 aliphatic rings. The smallest absolute Gasteiger partial charge is 0.299 e. The van der Waals surface area contributed by atoms with Crippen molar-refractivity contribution in [3.8, 4) is 11.5 Å². The number of benzene rings is 2. The molecule has 0 saturated carbocycles. The van der Waals surface area contributed by atoms with Crippen LogP contribution in [0.2, 0.25) is 0 Å². The predicted molar refractivity (Wildman–Crippen MR) is 139 cm³/mol. The Kier molecular flexibility index (Phi) is 13.7. The van der Waals surface area contributed by atoms with E-state index in [1.54, 1.807) is 31.0 Å². The number of anilines is 1. The molecule has 2 aromatic carbocycles. The molecule has 0 bridgehead atoms. The lowest BCUT2D eigenvalue weighted by Gasteiger charge is -2.16. The molecule has 0 radical (unpaired) electrons. The zero-order chi connectivity index (χ0) is 24.6. The summed E-state index contributed by atoms with van der Waals surface area (Å²) in [4.78, 5) is 11.5. The molecule has 1 aliphatic heterocycles. The van der Waals surface area contributed by atoms with Gasteiger partial charge >= 0.3 is 0 Å². The lowest BCUT2D eigenvalue weighted by molar-refractivity contribution is -0.384. The zero-order valence-electron chi connectivity index (χ0n) is 20.5. The summed E-state index contributed by atoms with van der Waals surface area (Å²) in [5.41, 5.74) is 3.11. The molecule has 7 nitrogen and oxygen atoms in total. The fraction of sp³-hybridized carbons (Fsp3) is 0.440. The van der Waals surface area contributed by atoms with Crippen molar-refractivity contribution in [1.82, 2.24) is 0 Å². The number of hydrogen-bond donors (Lipinski definition) is 1. The van der Waals surface area contributed by atoms with E-state index < -0.39 is 0 Å². The molecule has 0 aliphatic carbocycles. The van der Waals surface area contributed by atoms with Crippen LogP contribution in [0, 0.1) is 10.1 Å². The first-order valence-electron chi connectivity index (χ1n) is 11.0. The predicted octanol–water partition coefficient (Wildman–Crippen LogP) is 6.42. The monoisotopic (exact) mass is 476 g/mol. The minimum atomic E-state index is -0.326. The molecule has 0 fully saturated rings. The van der Waals surface area contributed by atoms with Gasteiger partial charge in [-0.2, -0.15) is 11.8 Å². The van der Waals surface area contributed by atoms with Crippen LogP contribution in [0.3, 0.4) is 0 Å². The van der Waals surface area contributed by atoms with Gasteiger partial charge in [0.05, 0.1) is 37.4 Å². The van der Waals surface area contributed by atoms with Crippen LogP contribution >= 0.6 is 11.8 Å². The normalized spacial score (nSPS) is 12.2. The van der Waals surface area contributed by atoms with Crippen molar-refractivity contribution < 1.29 is 19.1 Å². The first-order chi connectivity index (χ1) is 16.0. The highest BCUT2D eigenvalue weighted by molar-refractivity contribution is 7.97. The third-order valence-corrected chi connectivity index (χ3v) is 4.54. The van der Waals surface area contributed by atoms with Crippen LogP contribution in [0.4, 0.5) is 11.4 Å². The van der Waals surface area contributed by atoms with Crippen LogP contribution in [0.1, 0.15) is 38.3 Å². The van der Waals surface area contributed by atoms with Gasteiger partial charge in [0.2, 0.25) is 0 Å². The molecule has 182 valence electrons. The number of para-hydroxylation sites is 1. The summed E-state index contributed by atoms with van der Waals surface area (Å²) >= 11 is 1.75. The maximum atomic E-state index is 11.8. The van der Waals surface area contributed by atoms with Crippen molar-refractivity contribution in [2.24, 2.45) is 0 Å². The molecule has 1 heterocycles. The van der Waals surface area contributed by atoms with Crippen molar-refractivity contribution in [3.63, 3.8) is 0 Å². The van der Waals surface area contributed by atoms with Gasteiger partial charge in [0.1, 0.15) is 5.69 Å². The lowest BCUT2D eigenvalue weighted by Crippen LogP contribution is -2.08. The van der Waals surface area contributed by atoms with Crippen molar-refractivity contribution in [2.75, 3.05) is 44.8 Å². The largest absolute Gasteiger partial charge is 0.493 e. The second kappa shape index (κ2) is 16.0. The van der Waals surface area contributed by atoms with Crippen LogP contribution in [-0.2, 0) is 11.3 Å². The molecular formula is C25H36N2O5S. The van der Waals surface area contributed by atoms with Crippen LogP contribution in [0.15, 0.2) is 42.5 Å². The number of nitro benzene ring substituents is 1. The second-order valence-electron chi connectivity index (χ2n) is 6.69. The highest BCUT2D eigenvalue weighted by Crippen LogP contribution is 2.36. The third-order valence-electron chi connectivity index (χ3n) is 4.54. The van der Waals surface area contributed by atoms with Gasteiger partial charge in [-0.15, -0.1) is 0 Å². The van der Waals surface area contributed by atoms with Crippen molar-refractivity contribution in [3.05, 3.63) is 63.7 Å². The summed E-state index contributed by atoms with van der Waals surface area (Å²) < 4.78 is 16.2. The Hall–Kier alpha value is -2.71. The number of nitrogens with one attached hydrogen (secondary N) is 1. The maximum absolute atomic E-state index is 11.8. The Balaban J connectivity index is 0.00000101. The van der Waals surface area contributed by atoms with E-state index in [1.165, 1.54) is 0 Å². The van der Waals surface area contributed by atoms with Gasteiger partial charge in [0.25, 0.3) is 5.69 Å². The fourth-order valence-corrected chi connectivity index (χ4v) is 3.21. The van der Waals surface area contributed by atoms with E-state index >= 15 is 0 Å². The number of thioether (sulfide) groups is 1. The number of nitrogens with zero attached hydrogens (tertiary/aromatic N) is 1. The molecule has 0 unspecified atom stereocenters. The van der Waals surface area contributed by atoms with Crippen molar-refractivity contribution >= 4 is 28.7 Å². The first-order valence-corrected chi connectivity index (χ1v) is 12.7. The summed E-state index contributed by atoms with van der Waals surface area (Å²) in [6.07, 6.45) is 6.66. The van der Waals surface area contributed by atoms with Crippen LogP contribution < -0.4 is 14.8 Å². The van der Waals surface area contributed by atoms with Gasteiger partial charge in [0.15, 0.2) is 11.5 Å². The summed E-state index contributed by atoms with van der Waals surface area (Å²) in [6.45, 7) is 7.92. The molecule has 3 rings (SSSR count). The Bertz CT molecular complexity index is 902. The van der Waals surface area contributed by atoms with Gasteiger partial charge < -0.3 is 19.5 Å². The summed E-state index contributed by atoms with van der Waals surface area (Å²) in [5.74, 6) is 1.31. The summed E-state index contributed by atoms with van der Waals surface area (Å²) in [6, 6.07) is 11.0. The van der Waals surface area contributed by atoms with Gasteiger partial charge in [-0.05, 0) is 61.3 Å². The Morgan fingerprint density at radius 3 is 2.48 bits per heavy atom. The van der Waals surface area contributed by atoms with E-state index in [9.17, 15) is 10.1 Å². The number of ether oxygens (including phenoxy) is 3. The van der Waals surface area contributed by atoms with E-state index in [-0.39, 0.29) is 10.6 Å². The minimum absolute atomic E-state index is 0.0918. The van der Waals surface area contributed by atoms with Gasteiger partial charge in [0, 0.05) is 6.54 Å². The van der Waals surface area contributed by atoms with Gasteiger partial charge in [-0.3, -0.25) is 10.1 Å². The standard InChI is InChI=1S/C21H24N2O5.C2H6S.C2H6/c1-3-28-20-13-15(7-8-19(20)26-2)14-22-18-6-4-5-17(21(18)23(24)25)16-9-11-27-12-10-16;1-3-2;1-2/h4-9,13,22H,3,10-12,14H2,1-2H3;1-2H3;1-2H3. The summed E-state index contributed by atoms with van der Waals surface area (Å²) in [7, 11) is 1.59.